The number of nitrogens with one attached hydrogen (secondary N) is 1. The molecule has 3 rings (SSSR count). The molecule has 0 bridgehead atoms. The molecule has 1 aliphatic carbocycles. The van der Waals surface area contributed by atoms with Crippen molar-refractivity contribution in [3.63, 3.8) is 0 Å². The Morgan fingerprint density at radius 1 is 1.32 bits per heavy atom. The molecule has 102 valence electrons. The number of methoxy groups -OCH3 is 1. The zero-order chi connectivity index (χ0) is 13.2. The molecule has 0 aliphatic heterocycles. The van der Waals surface area contributed by atoms with Crippen molar-refractivity contribution in [3.8, 4) is 5.75 Å². The smallest absolute Gasteiger partial charge is 0.124 e. The average molecular weight is 259 g/mol. The number of nitrogens with zero attached hydrogens (tertiary/aromatic N) is 1. The maximum atomic E-state index is 6.38. The molecule has 1 unspecified atom stereocenters. The van der Waals surface area contributed by atoms with Crippen molar-refractivity contribution in [3.05, 3.63) is 24.0 Å². The number of aromatic amines is 1. The Labute approximate surface area is 113 Å². The van der Waals surface area contributed by atoms with Crippen LogP contribution in [0.15, 0.2) is 18.2 Å². The molecular formula is C15H21N3O. The molecule has 1 aromatic heterocycles. The number of hydrogen-bond acceptors (Lipinski definition) is 3. The van der Waals surface area contributed by atoms with Gasteiger partial charge in [-0.25, -0.2) is 4.98 Å². The van der Waals surface area contributed by atoms with E-state index in [-0.39, 0.29) is 6.04 Å². The average Bonchev–Trinajstić information content (AvgIpc) is 2.90. The van der Waals surface area contributed by atoms with Gasteiger partial charge in [0, 0.05) is 6.07 Å². The van der Waals surface area contributed by atoms with E-state index in [1.54, 1.807) is 7.11 Å². The van der Waals surface area contributed by atoms with Gasteiger partial charge >= 0.3 is 0 Å². The first-order valence-corrected chi connectivity index (χ1v) is 7.07. The Morgan fingerprint density at radius 2 is 2.11 bits per heavy atom. The molecule has 1 saturated carbocycles. The molecule has 1 atom stereocenters. The van der Waals surface area contributed by atoms with Gasteiger partial charge in [-0.05, 0) is 30.9 Å². The summed E-state index contributed by atoms with van der Waals surface area (Å²) in [6.07, 6.45) is 6.39. The molecule has 4 nitrogen and oxygen atoms in total. The van der Waals surface area contributed by atoms with E-state index in [1.165, 1.54) is 32.1 Å². The van der Waals surface area contributed by atoms with E-state index in [4.69, 9.17) is 10.5 Å². The Morgan fingerprint density at radius 3 is 2.84 bits per heavy atom. The molecule has 4 heteroatoms. The summed E-state index contributed by atoms with van der Waals surface area (Å²) in [5, 5.41) is 0. The zero-order valence-electron chi connectivity index (χ0n) is 11.4. The molecular weight excluding hydrogens is 238 g/mol. The largest absolute Gasteiger partial charge is 0.497 e. The van der Waals surface area contributed by atoms with Gasteiger partial charge in [-0.3, -0.25) is 0 Å². The molecule has 19 heavy (non-hydrogen) atoms. The number of ether oxygens (including phenoxy) is 1. The Bertz CT molecular complexity index is 558. The van der Waals surface area contributed by atoms with E-state index in [0.29, 0.717) is 5.92 Å². The molecule has 0 radical (unpaired) electrons. The van der Waals surface area contributed by atoms with Gasteiger partial charge in [-0.15, -0.1) is 0 Å². The third kappa shape index (κ3) is 2.45. The lowest BCUT2D eigenvalue weighted by Gasteiger charge is -2.26. The zero-order valence-corrected chi connectivity index (χ0v) is 11.4. The highest BCUT2D eigenvalue weighted by Crippen LogP contribution is 2.32. The molecule has 3 N–H and O–H groups in total. The van der Waals surface area contributed by atoms with Crippen molar-refractivity contribution in [1.29, 1.82) is 0 Å². The third-order valence-corrected chi connectivity index (χ3v) is 4.18. The van der Waals surface area contributed by atoms with Crippen LogP contribution in [-0.4, -0.2) is 17.1 Å². The van der Waals surface area contributed by atoms with E-state index >= 15 is 0 Å². The topological polar surface area (TPSA) is 63.9 Å². The minimum atomic E-state index is 0.0266. The van der Waals surface area contributed by atoms with Crippen LogP contribution in [0.4, 0.5) is 0 Å². The maximum Gasteiger partial charge on any atom is 0.124 e. The highest BCUT2D eigenvalue weighted by molar-refractivity contribution is 5.76. The molecule has 1 aliphatic rings. The number of imidazole rings is 1. The predicted octanol–water partition coefficient (Wildman–Crippen LogP) is 3.15. The van der Waals surface area contributed by atoms with Gasteiger partial charge in [0.25, 0.3) is 0 Å². The fourth-order valence-corrected chi connectivity index (χ4v) is 3.01. The van der Waals surface area contributed by atoms with Crippen LogP contribution in [0.3, 0.4) is 0 Å². The highest BCUT2D eigenvalue weighted by atomic mass is 16.5. The van der Waals surface area contributed by atoms with Crippen LogP contribution in [-0.2, 0) is 0 Å². The molecule has 1 fully saturated rings. The van der Waals surface area contributed by atoms with E-state index < -0.39 is 0 Å². The number of hydrogen-bond donors (Lipinski definition) is 2. The minimum absolute atomic E-state index is 0.0266. The SMILES string of the molecule is COc1ccc2nc(C(N)C3CCCCC3)[nH]c2c1. The first kappa shape index (κ1) is 12.5. The fourth-order valence-electron chi connectivity index (χ4n) is 3.01. The van der Waals surface area contributed by atoms with Crippen molar-refractivity contribution in [2.75, 3.05) is 7.11 Å². The molecule has 1 aromatic carbocycles. The van der Waals surface area contributed by atoms with Crippen molar-refractivity contribution in [2.45, 2.75) is 38.1 Å². The monoisotopic (exact) mass is 259 g/mol. The molecule has 0 amide bonds. The van der Waals surface area contributed by atoms with Crippen molar-refractivity contribution in [2.24, 2.45) is 11.7 Å². The summed E-state index contributed by atoms with van der Waals surface area (Å²) >= 11 is 0. The minimum Gasteiger partial charge on any atom is -0.497 e. The summed E-state index contributed by atoms with van der Waals surface area (Å²) in [6, 6.07) is 5.90. The second-order valence-electron chi connectivity index (χ2n) is 5.43. The lowest BCUT2D eigenvalue weighted by molar-refractivity contribution is 0.302. The van der Waals surface area contributed by atoms with Crippen LogP contribution in [0, 0.1) is 5.92 Å². The van der Waals surface area contributed by atoms with Crippen LogP contribution in [0.1, 0.15) is 44.0 Å². The van der Waals surface area contributed by atoms with Crippen LogP contribution < -0.4 is 10.5 Å². The van der Waals surface area contributed by atoms with Gasteiger partial charge < -0.3 is 15.5 Å². The number of rotatable bonds is 3. The van der Waals surface area contributed by atoms with Crippen molar-refractivity contribution in [1.82, 2.24) is 9.97 Å². The van der Waals surface area contributed by atoms with Gasteiger partial charge in [0.15, 0.2) is 0 Å². The Hall–Kier alpha value is -1.55. The predicted molar refractivity (Wildman–Crippen MR) is 76.1 cm³/mol. The normalized spacial score (nSPS) is 18.6. The Balaban J connectivity index is 1.87. The summed E-state index contributed by atoms with van der Waals surface area (Å²) in [5.41, 5.74) is 8.34. The van der Waals surface area contributed by atoms with Gasteiger partial charge in [0.1, 0.15) is 11.6 Å². The molecule has 1 heterocycles. The first-order chi connectivity index (χ1) is 9.28. The van der Waals surface area contributed by atoms with Gasteiger partial charge in [-0.1, -0.05) is 19.3 Å². The van der Waals surface area contributed by atoms with Crippen LogP contribution in [0.2, 0.25) is 0 Å². The second kappa shape index (κ2) is 5.21. The van der Waals surface area contributed by atoms with Crippen LogP contribution in [0.25, 0.3) is 11.0 Å². The van der Waals surface area contributed by atoms with Gasteiger partial charge in [-0.2, -0.15) is 0 Å². The van der Waals surface area contributed by atoms with E-state index in [2.05, 4.69) is 9.97 Å². The van der Waals surface area contributed by atoms with Crippen molar-refractivity contribution < 1.29 is 4.74 Å². The van der Waals surface area contributed by atoms with E-state index in [0.717, 1.165) is 22.6 Å². The lowest BCUT2D eigenvalue weighted by atomic mass is 9.84. The standard InChI is InChI=1S/C15H21N3O/c1-19-11-7-8-12-13(9-11)18-15(17-12)14(16)10-5-3-2-4-6-10/h7-10,14H,2-6,16H2,1H3,(H,17,18). The maximum absolute atomic E-state index is 6.38. The summed E-state index contributed by atoms with van der Waals surface area (Å²) in [7, 11) is 1.67. The molecule has 0 saturated heterocycles. The number of fused-ring (bicyclic) bond motifs is 1. The first-order valence-electron chi connectivity index (χ1n) is 7.07. The van der Waals surface area contributed by atoms with Crippen molar-refractivity contribution >= 4 is 11.0 Å². The lowest BCUT2D eigenvalue weighted by Crippen LogP contribution is -2.24. The highest BCUT2D eigenvalue weighted by Gasteiger charge is 2.24. The van der Waals surface area contributed by atoms with Crippen LogP contribution in [0.5, 0.6) is 5.75 Å². The molecule has 0 spiro atoms. The second-order valence-corrected chi connectivity index (χ2v) is 5.43. The van der Waals surface area contributed by atoms with Crippen LogP contribution >= 0.6 is 0 Å². The third-order valence-electron chi connectivity index (χ3n) is 4.18. The number of H-pyrrole nitrogens is 1. The fraction of sp³-hybridized carbons (Fsp3) is 0.533. The summed E-state index contributed by atoms with van der Waals surface area (Å²) in [6.45, 7) is 0. The Kier molecular flexibility index (Phi) is 3.42. The quantitative estimate of drug-likeness (QED) is 0.890. The van der Waals surface area contributed by atoms with Gasteiger partial charge in [0.2, 0.25) is 0 Å². The molecule has 2 aromatic rings. The number of aromatic nitrogens is 2. The van der Waals surface area contributed by atoms with E-state index in [9.17, 15) is 0 Å². The summed E-state index contributed by atoms with van der Waals surface area (Å²) in [5.74, 6) is 2.32. The summed E-state index contributed by atoms with van der Waals surface area (Å²) < 4.78 is 5.23. The van der Waals surface area contributed by atoms with Gasteiger partial charge in [0.05, 0.1) is 24.2 Å². The summed E-state index contributed by atoms with van der Waals surface area (Å²) in [4.78, 5) is 7.98. The number of nitrogens with two attached hydrogens (primary N) is 1. The van der Waals surface area contributed by atoms with E-state index in [1.807, 2.05) is 18.2 Å². The number of benzene rings is 1.